The molecule has 1 aliphatic heterocycles. The van der Waals surface area contributed by atoms with Crippen LogP contribution in [-0.2, 0) is 0 Å². The van der Waals surface area contributed by atoms with E-state index in [-0.39, 0.29) is 5.91 Å². The fourth-order valence-electron chi connectivity index (χ4n) is 3.95. The van der Waals surface area contributed by atoms with E-state index in [1.807, 2.05) is 43.0 Å². The molecule has 0 unspecified atom stereocenters. The molecular formula is C23H26N4O4. The molecule has 1 amide bonds. The first kappa shape index (κ1) is 20.7. The Bertz CT molecular complexity index is 1160. The summed E-state index contributed by atoms with van der Waals surface area (Å²) in [6.45, 7) is 4.88. The monoisotopic (exact) mass is 422 g/mol. The second-order valence-corrected chi connectivity index (χ2v) is 7.45. The highest BCUT2D eigenvalue weighted by Gasteiger charge is 2.25. The molecule has 0 spiro atoms. The molecule has 0 bridgehead atoms. The molecule has 0 N–H and O–H groups in total. The molecular weight excluding hydrogens is 396 g/mol. The zero-order chi connectivity index (χ0) is 22.1. The van der Waals surface area contributed by atoms with Crippen molar-refractivity contribution in [2.45, 2.75) is 20.3 Å². The number of methoxy groups -OCH3 is 3. The number of hydrogen-bond acceptors (Lipinski definition) is 6. The molecule has 2 aromatic heterocycles. The van der Waals surface area contributed by atoms with Crippen LogP contribution in [0.2, 0.25) is 0 Å². The van der Waals surface area contributed by atoms with Crippen LogP contribution in [0.1, 0.15) is 33.7 Å². The minimum Gasteiger partial charge on any atom is -0.496 e. The third-order valence-electron chi connectivity index (χ3n) is 5.61. The third kappa shape index (κ3) is 3.69. The summed E-state index contributed by atoms with van der Waals surface area (Å²) in [4.78, 5) is 19.4. The molecule has 1 aliphatic rings. The Hall–Kier alpha value is -3.55. The van der Waals surface area contributed by atoms with Crippen molar-refractivity contribution in [3.8, 4) is 17.2 Å². The van der Waals surface area contributed by atoms with E-state index in [0.717, 1.165) is 28.2 Å². The van der Waals surface area contributed by atoms with Crippen molar-refractivity contribution in [3.63, 3.8) is 0 Å². The Balaban J connectivity index is 1.62. The average Bonchev–Trinajstić information content (AvgIpc) is 3.19. The van der Waals surface area contributed by atoms with Crippen molar-refractivity contribution in [1.29, 1.82) is 0 Å². The number of amides is 1. The number of carbonyl (C=O) groups excluding carboxylic acids is 1. The summed E-state index contributed by atoms with van der Waals surface area (Å²) in [5.74, 6) is 1.98. The van der Waals surface area contributed by atoms with E-state index in [1.54, 1.807) is 32.0 Å². The van der Waals surface area contributed by atoms with Gasteiger partial charge in [0.05, 0.1) is 43.8 Å². The van der Waals surface area contributed by atoms with E-state index in [4.69, 9.17) is 14.2 Å². The van der Waals surface area contributed by atoms with Gasteiger partial charge in [-0.1, -0.05) is 6.08 Å². The molecule has 0 saturated carbocycles. The van der Waals surface area contributed by atoms with Gasteiger partial charge >= 0.3 is 0 Å². The van der Waals surface area contributed by atoms with E-state index < -0.39 is 0 Å². The first-order chi connectivity index (χ1) is 15.0. The van der Waals surface area contributed by atoms with E-state index in [1.165, 1.54) is 0 Å². The van der Waals surface area contributed by atoms with Gasteiger partial charge in [0.15, 0.2) is 5.65 Å². The van der Waals surface area contributed by atoms with Crippen LogP contribution in [0.25, 0.3) is 11.2 Å². The van der Waals surface area contributed by atoms with Crippen LogP contribution >= 0.6 is 0 Å². The lowest BCUT2D eigenvalue weighted by Gasteiger charge is -2.28. The number of nitrogens with zero attached hydrogens (tertiary/aromatic N) is 4. The van der Waals surface area contributed by atoms with Gasteiger partial charge in [-0.25, -0.2) is 9.50 Å². The predicted molar refractivity (Wildman–Crippen MR) is 117 cm³/mol. The standard InChI is InChI=1S/C23H26N4O4/c1-14-10-21-24-13-18(15(2)27(21)25-14)23(28)26-8-6-16(7-9-26)22-19(30-4)11-17(29-3)12-20(22)31-5/h6,10-13H,7-9H2,1-5H3. The van der Waals surface area contributed by atoms with Crippen molar-refractivity contribution in [2.75, 3.05) is 34.4 Å². The SMILES string of the molecule is COc1cc(OC)c(C2=CCN(C(=O)c3cnc4cc(C)nn4c3C)CC2)c(OC)c1. The molecule has 31 heavy (non-hydrogen) atoms. The number of benzene rings is 1. The van der Waals surface area contributed by atoms with Crippen LogP contribution in [0, 0.1) is 13.8 Å². The molecule has 3 heterocycles. The Labute approximate surface area is 181 Å². The van der Waals surface area contributed by atoms with E-state index in [2.05, 4.69) is 10.1 Å². The van der Waals surface area contributed by atoms with Crippen LogP contribution < -0.4 is 14.2 Å². The maximum Gasteiger partial charge on any atom is 0.257 e. The Morgan fingerprint density at radius 1 is 1.03 bits per heavy atom. The zero-order valence-corrected chi connectivity index (χ0v) is 18.4. The summed E-state index contributed by atoms with van der Waals surface area (Å²) in [7, 11) is 4.86. The summed E-state index contributed by atoms with van der Waals surface area (Å²) >= 11 is 0. The van der Waals surface area contributed by atoms with Gasteiger partial charge in [-0.2, -0.15) is 5.10 Å². The molecule has 8 nitrogen and oxygen atoms in total. The number of ether oxygens (including phenoxy) is 3. The molecule has 0 atom stereocenters. The number of carbonyl (C=O) groups is 1. The highest BCUT2D eigenvalue weighted by molar-refractivity contribution is 5.96. The zero-order valence-electron chi connectivity index (χ0n) is 18.4. The first-order valence-corrected chi connectivity index (χ1v) is 10.1. The number of rotatable bonds is 5. The normalized spacial score (nSPS) is 13.8. The van der Waals surface area contributed by atoms with Crippen molar-refractivity contribution in [3.05, 3.63) is 53.0 Å². The molecule has 162 valence electrons. The van der Waals surface area contributed by atoms with Gasteiger partial charge in [0, 0.05) is 37.5 Å². The summed E-state index contributed by atoms with van der Waals surface area (Å²) in [6.07, 6.45) is 4.37. The van der Waals surface area contributed by atoms with Crippen LogP contribution in [0.5, 0.6) is 17.2 Å². The Kier molecular flexibility index (Phi) is 5.54. The molecule has 1 aromatic carbocycles. The summed E-state index contributed by atoms with van der Waals surface area (Å²) in [5, 5.41) is 4.44. The lowest BCUT2D eigenvalue weighted by Crippen LogP contribution is -2.35. The second-order valence-electron chi connectivity index (χ2n) is 7.45. The lowest BCUT2D eigenvalue weighted by molar-refractivity contribution is 0.0771. The van der Waals surface area contributed by atoms with E-state index in [9.17, 15) is 4.79 Å². The van der Waals surface area contributed by atoms with Gasteiger partial charge in [-0.05, 0) is 25.8 Å². The Morgan fingerprint density at radius 3 is 2.32 bits per heavy atom. The molecule has 0 radical (unpaired) electrons. The van der Waals surface area contributed by atoms with Crippen molar-refractivity contribution < 1.29 is 19.0 Å². The van der Waals surface area contributed by atoms with Crippen LogP contribution in [0.3, 0.4) is 0 Å². The topological polar surface area (TPSA) is 78.2 Å². The highest BCUT2D eigenvalue weighted by atomic mass is 16.5. The minimum absolute atomic E-state index is 0.0518. The molecule has 0 fully saturated rings. The maximum atomic E-state index is 13.2. The van der Waals surface area contributed by atoms with Gasteiger partial charge < -0.3 is 19.1 Å². The second kappa shape index (κ2) is 8.29. The fraction of sp³-hybridized carbons (Fsp3) is 0.348. The smallest absolute Gasteiger partial charge is 0.257 e. The predicted octanol–water partition coefficient (Wildman–Crippen LogP) is 3.30. The number of aromatic nitrogens is 3. The summed E-state index contributed by atoms with van der Waals surface area (Å²) < 4.78 is 18.2. The van der Waals surface area contributed by atoms with Gasteiger partial charge in [-0.15, -0.1) is 0 Å². The Morgan fingerprint density at radius 2 is 1.74 bits per heavy atom. The number of fused-ring (bicyclic) bond motifs is 1. The molecule has 8 heteroatoms. The third-order valence-corrected chi connectivity index (χ3v) is 5.61. The molecule has 0 saturated heterocycles. The minimum atomic E-state index is -0.0518. The van der Waals surface area contributed by atoms with E-state index in [0.29, 0.717) is 42.3 Å². The molecule has 3 aromatic rings. The van der Waals surface area contributed by atoms with Crippen molar-refractivity contribution in [2.24, 2.45) is 0 Å². The fourth-order valence-corrected chi connectivity index (χ4v) is 3.95. The van der Waals surface area contributed by atoms with Gasteiger partial charge in [0.2, 0.25) is 0 Å². The number of aryl methyl sites for hydroxylation is 2. The highest BCUT2D eigenvalue weighted by Crippen LogP contribution is 2.41. The van der Waals surface area contributed by atoms with Crippen LogP contribution in [0.4, 0.5) is 0 Å². The first-order valence-electron chi connectivity index (χ1n) is 10.1. The van der Waals surface area contributed by atoms with Gasteiger partial charge in [-0.3, -0.25) is 4.79 Å². The van der Waals surface area contributed by atoms with Gasteiger partial charge in [0.1, 0.15) is 17.2 Å². The van der Waals surface area contributed by atoms with Gasteiger partial charge in [0.25, 0.3) is 5.91 Å². The van der Waals surface area contributed by atoms with Crippen LogP contribution in [0.15, 0.2) is 30.5 Å². The summed E-state index contributed by atoms with van der Waals surface area (Å²) in [6, 6.07) is 5.58. The molecule has 4 rings (SSSR count). The lowest BCUT2D eigenvalue weighted by atomic mass is 9.96. The quantitative estimate of drug-likeness (QED) is 0.628. The molecule has 0 aliphatic carbocycles. The van der Waals surface area contributed by atoms with Crippen molar-refractivity contribution >= 4 is 17.1 Å². The largest absolute Gasteiger partial charge is 0.496 e. The average molecular weight is 422 g/mol. The summed E-state index contributed by atoms with van der Waals surface area (Å²) in [5.41, 5.74) is 4.93. The maximum absolute atomic E-state index is 13.2. The van der Waals surface area contributed by atoms with Crippen LogP contribution in [-0.4, -0.2) is 59.8 Å². The van der Waals surface area contributed by atoms with Crippen molar-refractivity contribution in [1.82, 2.24) is 19.5 Å². The number of hydrogen-bond donors (Lipinski definition) is 0. The van der Waals surface area contributed by atoms with E-state index >= 15 is 0 Å².